The van der Waals surface area contributed by atoms with Gasteiger partial charge in [-0.15, -0.1) is 0 Å². The molecule has 2 amide bonds. The minimum atomic E-state index is -0.438. The van der Waals surface area contributed by atoms with Gasteiger partial charge in [-0.2, -0.15) is 0 Å². The highest BCUT2D eigenvalue weighted by Gasteiger charge is 2.31. The number of rotatable bonds is 2. The predicted octanol–water partition coefficient (Wildman–Crippen LogP) is -0.382. The minimum absolute atomic E-state index is 0.157. The first kappa shape index (κ1) is 11.3. The quantitative estimate of drug-likeness (QED) is 0.677. The van der Waals surface area contributed by atoms with Gasteiger partial charge in [0.15, 0.2) is 0 Å². The van der Waals surface area contributed by atoms with E-state index in [0.29, 0.717) is 24.5 Å². The molecule has 0 aromatic carbocycles. The number of carbonyl (C=O) groups excluding carboxylic acids is 2. The molecule has 90 valence electrons. The van der Waals surface area contributed by atoms with Crippen LogP contribution in [0, 0.1) is 0 Å². The highest BCUT2D eigenvalue weighted by atomic mass is 16.2. The topological polar surface area (TPSA) is 101 Å². The number of imide groups is 1. The van der Waals surface area contributed by atoms with Crippen LogP contribution >= 0.6 is 0 Å². The third kappa shape index (κ3) is 2.32. The molecule has 2 rings (SSSR count). The standard InChI is InChI=1S/C10H13N5O2/c1-15-9(16)3-2-6(10(15)17)14-8-4-7(11)12-5-13-8/h4-6H,2-3H2,1H3,(H3,11,12,13,14). The van der Waals surface area contributed by atoms with Gasteiger partial charge >= 0.3 is 0 Å². The number of anilines is 2. The lowest BCUT2D eigenvalue weighted by Crippen LogP contribution is -2.48. The molecule has 0 aliphatic carbocycles. The van der Waals surface area contributed by atoms with Crippen molar-refractivity contribution in [1.29, 1.82) is 0 Å². The molecule has 1 saturated heterocycles. The Labute approximate surface area is 98.0 Å². The highest BCUT2D eigenvalue weighted by molar-refractivity contribution is 6.01. The molecular formula is C10H13N5O2. The number of hydrogen-bond acceptors (Lipinski definition) is 6. The summed E-state index contributed by atoms with van der Waals surface area (Å²) in [5, 5.41) is 2.95. The van der Waals surface area contributed by atoms with Crippen molar-refractivity contribution in [2.45, 2.75) is 18.9 Å². The van der Waals surface area contributed by atoms with Crippen LogP contribution in [-0.4, -0.2) is 39.8 Å². The Kier molecular flexibility index (Phi) is 2.90. The maximum Gasteiger partial charge on any atom is 0.251 e. The van der Waals surface area contributed by atoms with Gasteiger partial charge in [-0.1, -0.05) is 0 Å². The van der Waals surface area contributed by atoms with E-state index in [4.69, 9.17) is 5.73 Å². The van der Waals surface area contributed by atoms with Crippen LogP contribution in [0.4, 0.5) is 11.6 Å². The fraction of sp³-hybridized carbons (Fsp3) is 0.400. The zero-order valence-electron chi connectivity index (χ0n) is 9.38. The molecule has 1 aliphatic rings. The number of piperidine rings is 1. The molecule has 0 radical (unpaired) electrons. The number of carbonyl (C=O) groups is 2. The van der Waals surface area contributed by atoms with Crippen LogP contribution in [0.2, 0.25) is 0 Å². The van der Waals surface area contributed by atoms with Crippen LogP contribution in [0.15, 0.2) is 12.4 Å². The molecule has 0 bridgehead atoms. The fourth-order valence-corrected chi connectivity index (χ4v) is 1.68. The van der Waals surface area contributed by atoms with Crippen molar-refractivity contribution < 1.29 is 9.59 Å². The van der Waals surface area contributed by atoms with E-state index in [-0.39, 0.29) is 11.8 Å². The lowest BCUT2D eigenvalue weighted by Gasteiger charge is -2.28. The van der Waals surface area contributed by atoms with Crippen LogP contribution in [0.25, 0.3) is 0 Å². The molecule has 17 heavy (non-hydrogen) atoms. The van der Waals surface area contributed by atoms with Crippen LogP contribution in [-0.2, 0) is 9.59 Å². The summed E-state index contributed by atoms with van der Waals surface area (Å²) in [5.74, 6) is 0.405. The summed E-state index contributed by atoms with van der Waals surface area (Å²) in [5.41, 5.74) is 5.51. The average Bonchev–Trinajstić information content (AvgIpc) is 2.30. The van der Waals surface area contributed by atoms with Crippen LogP contribution < -0.4 is 11.1 Å². The largest absolute Gasteiger partial charge is 0.384 e. The Morgan fingerprint density at radius 1 is 1.47 bits per heavy atom. The van der Waals surface area contributed by atoms with Crippen molar-refractivity contribution in [3.05, 3.63) is 12.4 Å². The molecule has 1 atom stereocenters. The second-order valence-electron chi connectivity index (χ2n) is 3.85. The number of nitrogens with one attached hydrogen (secondary N) is 1. The average molecular weight is 235 g/mol. The molecule has 1 unspecified atom stereocenters. The zero-order chi connectivity index (χ0) is 12.4. The van der Waals surface area contributed by atoms with Crippen molar-refractivity contribution >= 4 is 23.5 Å². The number of aromatic nitrogens is 2. The Balaban J connectivity index is 2.09. The number of likely N-dealkylation sites (N-methyl/N-ethyl adjacent to an activating group) is 1. The van der Waals surface area contributed by atoms with Crippen LogP contribution in [0.5, 0.6) is 0 Å². The van der Waals surface area contributed by atoms with Gasteiger partial charge in [0.05, 0.1) is 0 Å². The van der Waals surface area contributed by atoms with Crippen molar-refractivity contribution in [3.8, 4) is 0 Å². The maximum atomic E-state index is 11.8. The van der Waals surface area contributed by atoms with Crippen LogP contribution in [0.3, 0.4) is 0 Å². The number of nitrogens with two attached hydrogens (primary N) is 1. The minimum Gasteiger partial charge on any atom is -0.384 e. The predicted molar refractivity (Wildman–Crippen MR) is 60.9 cm³/mol. The van der Waals surface area contributed by atoms with E-state index in [1.54, 1.807) is 6.07 Å². The summed E-state index contributed by atoms with van der Waals surface area (Å²) in [6.45, 7) is 0. The van der Waals surface area contributed by atoms with E-state index in [1.807, 2.05) is 0 Å². The van der Waals surface area contributed by atoms with Gasteiger partial charge in [0.25, 0.3) is 5.91 Å². The first-order valence-corrected chi connectivity index (χ1v) is 5.22. The number of nitrogens with zero attached hydrogens (tertiary/aromatic N) is 3. The first-order valence-electron chi connectivity index (χ1n) is 5.22. The molecule has 1 fully saturated rings. The van der Waals surface area contributed by atoms with Crippen molar-refractivity contribution in [1.82, 2.24) is 14.9 Å². The molecule has 0 spiro atoms. The molecule has 1 aromatic heterocycles. The molecule has 0 saturated carbocycles. The fourth-order valence-electron chi connectivity index (χ4n) is 1.68. The molecule has 1 aliphatic heterocycles. The van der Waals surface area contributed by atoms with E-state index >= 15 is 0 Å². The van der Waals surface area contributed by atoms with Crippen molar-refractivity contribution in [2.75, 3.05) is 18.1 Å². The normalized spacial score (nSPS) is 20.5. The van der Waals surface area contributed by atoms with Gasteiger partial charge in [-0.25, -0.2) is 9.97 Å². The summed E-state index contributed by atoms with van der Waals surface area (Å²) >= 11 is 0. The van der Waals surface area contributed by atoms with Gasteiger partial charge in [-0.05, 0) is 6.42 Å². The molecule has 3 N–H and O–H groups in total. The summed E-state index contributed by atoms with van der Waals surface area (Å²) in [6.07, 6.45) is 2.13. The van der Waals surface area contributed by atoms with Crippen LogP contribution in [0.1, 0.15) is 12.8 Å². The lowest BCUT2D eigenvalue weighted by atomic mass is 10.0. The summed E-state index contributed by atoms with van der Waals surface area (Å²) in [6, 6.07) is 1.11. The Morgan fingerprint density at radius 3 is 2.94 bits per heavy atom. The smallest absolute Gasteiger partial charge is 0.251 e. The van der Waals surface area contributed by atoms with E-state index < -0.39 is 6.04 Å². The highest BCUT2D eigenvalue weighted by Crippen LogP contribution is 2.16. The van der Waals surface area contributed by atoms with Crippen molar-refractivity contribution in [2.24, 2.45) is 0 Å². The van der Waals surface area contributed by atoms with Gasteiger partial charge in [0.2, 0.25) is 5.91 Å². The molecule has 2 heterocycles. The van der Waals surface area contributed by atoms with Gasteiger partial charge in [-0.3, -0.25) is 14.5 Å². The van der Waals surface area contributed by atoms with Crippen molar-refractivity contribution in [3.63, 3.8) is 0 Å². The summed E-state index contributed by atoms with van der Waals surface area (Å²) in [7, 11) is 1.48. The second-order valence-corrected chi connectivity index (χ2v) is 3.85. The van der Waals surface area contributed by atoms with Gasteiger partial charge in [0.1, 0.15) is 24.0 Å². The van der Waals surface area contributed by atoms with Gasteiger partial charge in [0, 0.05) is 19.5 Å². The number of hydrogen-bond donors (Lipinski definition) is 2. The number of amides is 2. The van der Waals surface area contributed by atoms with Gasteiger partial charge < -0.3 is 11.1 Å². The van der Waals surface area contributed by atoms with E-state index in [0.717, 1.165) is 4.90 Å². The zero-order valence-corrected chi connectivity index (χ0v) is 9.38. The first-order chi connectivity index (χ1) is 8.08. The number of nitrogen functional groups attached to an aromatic ring is 1. The Bertz CT molecular complexity index is 462. The van der Waals surface area contributed by atoms with E-state index in [1.165, 1.54) is 13.4 Å². The summed E-state index contributed by atoms with van der Waals surface area (Å²) in [4.78, 5) is 31.9. The maximum absolute atomic E-state index is 11.8. The SMILES string of the molecule is CN1C(=O)CCC(Nc2cc(N)ncn2)C1=O. The second kappa shape index (κ2) is 4.36. The molecule has 7 heteroatoms. The molecule has 7 nitrogen and oxygen atoms in total. The third-order valence-corrected chi connectivity index (χ3v) is 2.66. The lowest BCUT2D eigenvalue weighted by molar-refractivity contribution is -0.146. The molecular weight excluding hydrogens is 222 g/mol. The Morgan fingerprint density at radius 2 is 2.24 bits per heavy atom. The summed E-state index contributed by atoms with van der Waals surface area (Å²) < 4.78 is 0. The monoisotopic (exact) mass is 235 g/mol. The molecule has 1 aromatic rings. The Hall–Kier alpha value is -2.18. The third-order valence-electron chi connectivity index (χ3n) is 2.66. The van der Waals surface area contributed by atoms with E-state index in [9.17, 15) is 9.59 Å². The number of likely N-dealkylation sites (tertiary alicyclic amines) is 1. The van der Waals surface area contributed by atoms with E-state index in [2.05, 4.69) is 15.3 Å².